The number of nitriles is 3. The number of nitrogen functional groups attached to an aromatic ring is 1. The second kappa shape index (κ2) is 5.21. The van der Waals surface area contributed by atoms with Crippen molar-refractivity contribution < 1.29 is 0 Å². The van der Waals surface area contributed by atoms with E-state index in [0.717, 1.165) is 0 Å². The van der Waals surface area contributed by atoms with Gasteiger partial charge in [-0.15, -0.1) is 0 Å². The van der Waals surface area contributed by atoms with E-state index in [0.29, 0.717) is 16.7 Å². The predicted molar refractivity (Wildman–Crippen MR) is 75.8 cm³/mol. The van der Waals surface area contributed by atoms with Crippen molar-refractivity contribution in [2.75, 3.05) is 5.73 Å². The summed E-state index contributed by atoms with van der Waals surface area (Å²) in [4.78, 5) is 14.1. The predicted octanol–water partition coefficient (Wildman–Crippen LogP) is 1.55. The average molecular weight is 275 g/mol. The van der Waals surface area contributed by atoms with Gasteiger partial charge in [-0.2, -0.15) is 15.8 Å². The number of aromatic amines is 1. The molecule has 0 unspecified atom stereocenters. The van der Waals surface area contributed by atoms with E-state index in [2.05, 4.69) is 4.98 Å². The zero-order chi connectivity index (χ0) is 15.6. The third-order valence-electron chi connectivity index (χ3n) is 3.19. The first-order valence-corrected chi connectivity index (χ1v) is 5.91. The van der Waals surface area contributed by atoms with Crippen LogP contribution in [0.5, 0.6) is 0 Å². The van der Waals surface area contributed by atoms with Crippen LogP contribution in [0.4, 0.5) is 5.82 Å². The maximum absolute atomic E-state index is 11.9. The van der Waals surface area contributed by atoms with Crippen LogP contribution >= 0.6 is 0 Å². The van der Waals surface area contributed by atoms with Crippen molar-refractivity contribution >= 4 is 5.82 Å². The molecule has 2 aromatic rings. The molecule has 1 aromatic carbocycles. The molecule has 1 heterocycles. The normalized spacial score (nSPS) is 9.43. The number of H-pyrrole nitrogens is 1. The number of hydrogen-bond donors (Lipinski definition) is 2. The van der Waals surface area contributed by atoms with Crippen LogP contribution in [0.1, 0.15) is 22.3 Å². The third kappa shape index (κ3) is 2.10. The quantitative estimate of drug-likeness (QED) is 0.815. The Kier molecular flexibility index (Phi) is 3.44. The lowest BCUT2D eigenvalue weighted by Gasteiger charge is -2.12. The van der Waals surface area contributed by atoms with Crippen LogP contribution < -0.4 is 11.3 Å². The molecule has 6 heteroatoms. The minimum absolute atomic E-state index is 0.0179. The minimum atomic E-state index is -0.661. The van der Waals surface area contributed by atoms with Gasteiger partial charge in [-0.1, -0.05) is 12.1 Å². The maximum atomic E-state index is 11.9. The van der Waals surface area contributed by atoms with Gasteiger partial charge in [0.25, 0.3) is 5.56 Å². The second-order valence-corrected chi connectivity index (χ2v) is 4.31. The van der Waals surface area contributed by atoms with Crippen molar-refractivity contribution in [3.05, 3.63) is 50.8 Å². The van der Waals surface area contributed by atoms with Crippen LogP contribution in [-0.2, 0) is 0 Å². The van der Waals surface area contributed by atoms with Crippen LogP contribution in [0.25, 0.3) is 11.1 Å². The fourth-order valence-corrected chi connectivity index (χ4v) is 2.14. The summed E-state index contributed by atoms with van der Waals surface area (Å²) in [6, 6.07) is 10.6. The summed E-state index contributed by atoms with van der Waals surface area (Å²) < 4.78 is 0. The van der Waals surface area contributed by atoms with Crippen molar-refractivity contribution in [3.63, 3.8) is 0 Å². The van der Waals surface area contributed by atoms with E-state index in [1.165, 1.54) is 0 Å². The second-order valence-electron chi connectivity index (χ2n) is 4.31. The lowest BCUT2D eigenvalue weighted by molar-refractivity contribution is 1.21. The number of anilines is 1. The number of aromatic nitrogens is 1. The SMILES string of the molecule is Cc1c(C#N)cccc1-c1c(C#N)c(N)[nH]c(=O)c1C#N. The summed E-state index contributed by atoms with van der Waals surface area (Å²) in [5.74, 6) is -0.0988. The summed E-state index contributed by atoms with van der Waals surface area (Å²) in [6.07, 6.45) is 0. The molecule has 100 valence electrons. The zero-order valence-corrected chi connectivity index (χ0v) is 11.1. The first-order chi connectivity index (χ1) is 10.0. The highest BCUT2D eigenvalue weighted by Crippen LogP contribution is 2.31. The molecule has 1 aromatic heterocycles. The molecule has 21 heavy (non-hydrogen) atoms. The van der Waals surface area contributed by atoms with E-state index in [1.807, 2.05) is 12.1 Å². The summed E-state index contributed by atoms with van der Waals surface area (Å²) >= 11 is 0. The summed E-state index contributed by atoms with van der Waals surface area (Å²) in [5, 5.41) is 27.5. The standard InChI is InChI=1S/C15H9N5O/c1-8-9(5-16)3-2-4-10(8)13-11(6-17)14(19)20-15(21)12(13)7-18/h2-4H,1H3,(H3,19,20,21). The zero-order valence-electron chi connectivity index (χ0n) is 11.1. The molecular weight excluding hydrogens is 266 g/mol. The molecule has 0 saturated carbocycles. The van der Waals surface area contributed by atoms with Crippen LogP contribution in [0.2, 0.25) is 0 Å². The van der Waals surface area contributed by atoms with Crippen LogP contribution in [0, 0.1) is 40.9 Å². The van der Waals surface area contributed by atoms with Crippen molar-refractivity contribution in [2.24, 2.45) is 0 Å². The van der Waals surface area contributed by atoms with Gasteiger partial charge < -0.3 is 10.7 Å². The molecule has 0 aliphatic heterocycles. The van der Waals surface area contributed by atoms with Crippen LogP contribution in [0.3, 0.4) is 0 Å². The fraction of sp³-hybridized carbons (Fsp3) is 0.0667. The Balaban J connectivity index is 3.02. The first kappa shape index (κ1) is 13.9. The molecule has 3 N–H and O–H groups in total. The lowest BCUT2D eigenvalue weighted by atomic mass is 9.91. The summed E-state index contributed by atoms with van der Waals surface area (Å²) in [5.41, 5.74) is 6.44. The largest absolute Gasteiger partial charge is 0.384 e. The Morgan fingerprint density at radius 2 is 1.76 bits per heavy atom. The van der Waals surface area contributed by atoms with Crippen molar-refractivity contribution in [1.29, 1.82) is 15.8 Å². The fourth-order valence-electron chi connectivity index (χ4n) is 2.14. The Hall–Kier alpha value is -3.56. The Morgan fingerprint density at radius 1 is 1.10 bits per heavy atom. The van der Waals surface area contributed by atoms with Gasteiger partial charge in [0.1, 0.15) is 29.1 Å². The van der Waals surface area contributed by atoms with Gasteiger partial charge in [-0.25, -0.2) is 0 Å². The number of nitrogens with one attached hydrogen (secondary N) is 1. The van der Waals surface area contributed by atoms with Gasteiger partial charge in [0.2, 0.25) is 0 Å². The van der Waals surface area contributed by atoms with Crippen LogP contribution in [0.15, 0.2) is 23.0 Å². The molecule has 0 aliphatic carbocycles. The van der Waals surface area contributed by atoms with E-state index in [1.54, 1.807) is 31.2 Å². The van der Waals surface area contributed by atoms with E-state index in [4.69, 9.17) is 11.0 Å². The molecule has 6 nitrogen and oxygen atoms in total. The van der Waals surface area contributed by atoms with E-state index in [9.17, 15) is 15.3 Å². The number of nitrogens with zero attached hydrogens (tertiary/aromatic N) is 3. The minimum Gasteiger partial charge on any atom is -0.384 e. The van der Waals surface area contributed by atoms with Crippen molar-refractivity contribution in [1.82, 2.24) is 4.98 Å². The third-order valence-corrected chi connectivity index (χ3v) is 3.19. The topological polar surface area (TPSA) is 130 Å². The highest BCUT2D eigenvalue weighted by Gasteiger charge is 2.20. The smallest absolute Gasteiger partial charge is 0.268 e. The molecule has 0 radical (unpaired) electrons. The van der Waals surface area contributed by atoms with Crippen LogP contribution in [-0.4, -0.2) is 4.98 Å². The number of pyridine rings is 1. The lowest BCUT2D eigenvalue weighted by Crippen LogP contribution is -2.16. The van der Waals surface area contributed by atoms with Gasteiger partial charge in [-0.05, 0) is 24.1 Å². The molecule has 0 atom stereocenters. The monoisotopic (exact) mass is 275 g/mol. The van der Waals surface area contributed by atoms with Gasteiger partial charge >= 0.3 is 0 Å². The molecule has 0 saturated heterocycles. The number of hydrogen-bond acceptors (Lipinski definition) is 5. The molecule has 2 rings (SSSR count). The Bertz CT molecular complexity index is 919. The highest BCUT2D eigenvalue weighted by atomic mass is 16.1. The number of nitrogens with two attached hydrogens (primary N) is 1. The number of benzene rings is 1. The molecule has 0 bridgehead atoms. The van der Waals surface area contributed by atoms with Gasteiger partial charge in [0.15, 0.2) is 0 Å². The Labute approximate surface area is 120 Å². The highest BCUT2D eigenvalue weighted by molar-refractivity contribution is 5.82. The van der Waals surface area contributed by atoms with E-state index >= 15 is 0 Å². The van der Waals surface area contributed by atoms with Gasteiger partial charge in [-0.3, -0.25) is 4.79 Å². The molecular formula is C15H9N5O. The molecule has 0 amide bonds. The molecule has 0 fully saturated rings. The number of rotatable bonds is 1. The molecule has 0 aliphatic rings. The summed E-state index contributed by atoms with van der Waals surface area (Å²) in [6.45, 7) is 1.69. The van der Waals surface area contributed by atoms with E-state index < -0.39 is 5.56 Å². The summed E-state index contributed by atoms with van der Waals surface area (Å²) in [7, 11) is 0. The van der Waals surface area contributed by atoms with Crippen molar-refractivity contribution in [3.8, 4) is 29.3 Å². The van der Waals surface area contributed by atoms with E-state index in [-0.39, 0.29) is 22.5 Å². The van der Waals surface area contributed by atoms with Crippen molar-refractivity contribution in [2.45, 2.75) is 6.92 Å². The first-order valence-electron chi connectivity index (χ1n) is 5.91. The maximum Gasteiger partial charge on any atom is 0.268 e. The van der Waals surface area contributed by atoms with Gasteiger partial charge in [0, 0.05) is 5.56 Å². The van der Waals surface area contributed by atoms with Gasteiger partial charge in [0.05, 0.1) is 11.6 Å². The average Bonchev–Trinajstić information content (AvgIpc) is 2.47. The molecule has 0 spiro atoms. The Morgan fingerprint density at radius 3 is 2.33 bits per heavy atom.